The van der Waals surface area contributed by atoms with E-state index in [1.165, 1.54) is 0 Å². The molecule has 0 aromatic heterocycles. The lowest BCUT2D eigenvalue weighted by atomic mass is 9.83. The van der Waals surface area contributed by atoms with Gasteiger partial charge in [-0.05, 0) is 25.0 Å². The Hall–Kier alpha value is -2.20. The second-order valence-corrected chi connectivity index (χ2v) is 6.00. The summed E-state index contributed by atoms with van der Waals surface area (Å²) in [4.78, 5) is 26.1. The van der Waals surface area contributed by atoms with Crippen LogP contribution in [0.2, 0.25) is 0 Å². The molecule has 114 valence electrons. The minimum atomic E-state index is -1.18. The minimum Gasteiger partial charge on any atom is -0.387 e. The number of imide groups is 1. The summed E-state index contributed by atoms with van der Waals surface area (Å²) < 4.78 is 0. The average Bonchev–Trinajstić information content (AvgIpc) is 2.97. The lowest BCUT2D eigenvalue weighted by molar-refractivity contribution is -0.0272. The molecule has 3 rings (SSSR count). The summed E-state index contributed by atoms with van der Waals surface area (Å²) in [6.07, 6.45) is 4.98. The van der Waals surface area contributed by atoms with E-state index in [1.54, 1.807) is 36.4 Å². The largest absolute Gasteiger partial charge is 0.387 e. The van der Waals surface area contributed by atoms with Crippen LogP contribution in [-0.2, 0) is 0 Å². The molecule has 2 amide bonds. The number of hydrogen-bond acceptors (Lipinski definition) is 3. The first-order valence-corrected chi connectivity index (χ1v) is 7.45. The van der Waals surface area contributed by atoms with Crippen molar-refractivity contribution in [1.82, 2.24) is 4.90 Å². The van der Waals surface area contributed by atoms with Crippen LogP contribution in [0.15, 0.2) is 49.6 Å². The molecule has 1 fully saturated rings. The van der Waals surface area contributed by atoms with E-state index >= 15 is 0 Å². The second kappa shape index (κ2) is 5.21. The van der Waals surface area contributed by atoms with E-state index in [-0.39, 0.29) is 30.2 Å². The van der Waals surface area contributed by atoms with E-state index in [9.17, 15) is 14.7 Å². The highest BCUT2D eigenvalue weighted by molar-refractivity contribution is 6.21. The van der Waals surface area contributed by atoms with Gasteiger partial charge in [-0.1, -0.05) is 24.3 Å². The molecule has 2 atom stereocenters. The molecule has 1 aliphatic carbocycles. The van der Waals surface area contributed by atoms with Gasteiger partial charge in [0.1, 0.15) is 0 Å². The molecular formula is C18H19NO3. The number of fused-ring (bicyclic) bond motifs is 1. The van der Waals surface area contributed by atoms with Gasteiger partial charge in [0, 0.05) is 11.8 Å². The number of carbonyl (C=O) groups excluding carboxylic acids is 2. The van der Waals surface area contributed by atoms with Gasteiger partial charge in [0.05, 0.1) is 23.3 Å². The normalized spacial score (nSPS) is 26.1. The molecule has 1 N–H and O–H groups in total. The lowest BCUT2D eigenvalue weighted by Gasteiger charge is -2.35. The number of aliphatic hydroxyl groups is 1. The number of rotatable bonds is 4. The third kappa shape index (κ3) is 1.95. The van der Waals surface area contributed by atoms with Gasteiger partial charge in [-0.25, -0.2) is 0 Å². The molecule has 1 heterocycles. The summed E-state index contributed by atoms with van der Waals surface area (Å²) in [5, 5.41) is 11.1. The molecule has 1 saturated carbocycles. The van der Waals surface area contributed by atoms with Crippen molar-refractivity contribution in [1.29, 1.82) is 0 Å². The van der Waals surface area contributed by atoms with Crippen LogP contribution in [-0.4, -0.2) is 34.0 Å². The van der Waals surface area contributed by atoms with Crippen LogP contribution < -0.4 is 0 Å². The Morgan fingerprint density at radius 2 is 1.55 bits per heavy atom. The van der Waals surface area contributed by atoms with Gasteiger partial charge in [-0.3, -0.25) is 14.5 Å². The Labute approximate surface area is 129 Å². The first-order valence-electron chi connectivity index (χ1n) is 7.45. The fourth-order valence-electron chi connectivity index (χ4n) is 3.65. The number of hydrogen-bond donors (Lipinski definition) is 1. The predicted molar refractivity (Wildman–Crippen MR) is 83.4 cm³/mol. The number of benzene rings is 1. The summed E-state index contributed by atoms with van der Waals surface area (Å²) in [7, 11) is 0. The first-order chi connectivity index (χ1) is 10.5. The van der Waals surface area contributed by atoms with Crippen LogP contribution in [0.3, 0.4) is 0 Å². The third-order valence-corrected chi connectivity index (χ3v) is 4.93. The monoisotopic (exact) mass is 297 g/mol. The predicted octanol–water partition coefficient (Wildman–Crippen LogP) is 2.41. The number of β-amino-alcohol motifs (C(OH)–C–C–N with tert-alkyl or cyclic N) is 1. The summed E-state index contributed by atoms with van der Waals surface area (Å²) in [6, 6.07) is 6.75. The van der Waals surface area contributed by atoms with Crippen LogP contribution in [0.25, 0.3) is 0 Å². The molecule has 4 nitrogen and oxygen atoms in total. The summed E-state index contributed by atoms with van der Waals surface area (Å²) in [6.45, 7) is 7.53. The number of nitrogens with zero attached hydrogens (tertiary/aromatic N) is 1. The maximum atomic E-state index is 12.5. The Bertz CT molecular complexity index is 613. The standard InChI is InChI=1S/C18H19NO3/c1-3-12-9-10-13(4-2)18(12,22)11-19-16(20)14-7-5-6-8-15(14)17(19)21/h3-8,12-13,22H,1-2,9-11H2/t12-,13-/m0/s1. The maximum Gasteiger partial charge on any atom is 0.261 e. The van der Waals surface area contributed by atoms with E-state index < -0.39 is 5.60 Å². The molecule has 0 saturated heterocycles. The Morgan fingerprint density at radius 3 is 1.95 bits per heavy atom. The zero-order chi connectivity index (χ0) is 15.9. The fourth-order valence-corrected chi connectivity index (χ4v) is 3.65. The quantitative estimate of drug-likeness (QED) is 0.686. The highest BCUT2D eigenvalue weighted by Crippen LogP contribution is 2.43. The van der Waals surface area contributed by atoms with Crippen molar-refractivity contribution in [3.8, 4) is 0 Å². The molecular weight excluding hydrogens is 278 g/mol. The molecule has 22 heavy (non-hydrogen) atoms. The summed E-state index contributed by atoms with van der Waals surface area (Å²) in [5.41, 5.74) is -0.379. The summed E-state index contributed by atoms with van der Waals surface area (Å²) >= 11 is 0. The van der Waals surface area contributed by atoms with Gasteiger partial charge in [-0.2, -0.15) is 0 Å². The van der Waals surface area contributed by atoms with E-state index in [2.05, 4.69) is 13.2 Å². The Balaban J connectivity index is 1.93. The van der Waals surface area contributed by atoms with Crippen molar-refractivity contribution in [2.45, 2.75) is 18.4 Å². The molecule has 1 aliphatic heterocycles. The topological polar surface area (TPSA) is 57.6 Å². The summed E-state index contributed by atoms with van der Waals surface area (Å²) in [5.74, 6) is -0.988. The van der Waals surface area contributed by atoms with E-state index in [0.29, 0.717) is 11.1 Å². The van der Waals surface area contributed by atoms with Crippen molar-refractivity contribution >= 4 is 11.8 Å². The lowest BCUT2D eigenvalue weighted by Crippen LogP contribution is -2.50. The van der Waals surface area contributed by atoms with Gasteiger partial charge in [-0.15, -0.1) is 13.2 Å². The zero-order valence-corrected chi connectivity index (χ0v) is 12.4. The van der Waals surface area contributed by atoms with Crippen molar-refractivity contribution in [2.24, 2.45) is 11.8 Å². The fraction of sp³-hybridized carbons (Fsp3) is 0.333. The van der Waals surface area contributed by atoms with Gasteiger partial charge >= 0.3 is 0 Å². The maximum absolute atomic E-state index is 12.5. The van der Waals surface area contributed by atoms with Crippen molar-refractivity contribution in [3.05, 3.63) is 60.7 Å². The van der Waals surface area contributed by atoms with Crippen LogP contribution in [0, 0.1) is 11.8 Å². The van der Waals surface area contributed by atoms with Gasteiger partial charge in [0.2, 0.25) is 0 Å². The molecule has 1 aromatic rings. The SMILES string of the molecule is C=C[C@H]1CC[C@H](C=C)C1(O)CN1C(=O)c2ccccc2C1=O. The smallest absolute Gasteiger partial charge is 0.261 e. The van der Waals surface area contributed by atoms with Crippen molar-refractivity contribution in [3.63, 3.8) is 0 Å². The molecule has 2 aliphatic rings. The highest BCUT2D eigenvalue weighted by Gasteiger charge is 2.50. The van der Waals surface area contributed by atoms with Gasteiger partial charge in [0.25, 0.3) is 11.8 Å². The zero-order valence-electron chi connectivity index (χ0n) is 12.4. The van der Waals surface area contributed by atoms with Crippen molar-refractivity contribution < 1.29 is 14.7 Å². The average molecular weight is 297 g/mol. The van der Waals surface area contributed by atoms with Crippen LogP contribution in [0.1, 0.15) is 33.6 Å². The van der Waals surface area contributed by atoms with E-state index in [1.807, 2.05) is 0 Å². The first kappa shape index (κ1) is 14.7. The van der Waals surface area contributed by atoms with Crippen LogP contribution in [0.5, 0.6) is 0 Å². The Kier molecular flexibility index (Phi) is 3.49. The molecule has 1 aromatic carbocycles. The van der Waals surface area contributed by atoms with Crippen LogP contribution >= 0.6 is 0 Å². The number of carbonyl (C=O) groups is 2. The third-order valence-electron chi connectivity index (χ3n) is 4.93. The van der Waals surface area contributed by atoms with Gasteiger partial charge in [0.15, 0.2) is 0 Å². The van der Waals surface area contributed by atoms with E-state index in [4.69, 9.17) is 0 Å². The molecule has 0 radical (unpaired) electrons. The molecule has 0 unspecified atom stereocenters. The van der Waals surface area contributed by atoms with Crippen LogP contribution in [0.4, 0.5) is 0 Å². The second-order valence-electron chi connectivity index (χ2n) is 6.00. The van der Waals surface area contributed by atoms with Gasteiger partial charge < -0.3 is 5.11 Å². The Morgan fingerprint density at radius 1 is 1.09 bits per heavy atom. The highest BCUT2D eigenvalue weighted by atomic mass is 16.3. The molecule has 0 spiro atoms. The number of amides is 2. The van der Waals surface area contributed by atoms with E-state index in [0.717, 1.165) is 17.7 Å². The minimum absolute atomic E-state index is 0.0211. The molecule has 0 bridgehead atoms. The van der Waals surface area contributed by atoms with Crippen molar-refractivity contribution in [2.75, 3.05) is 6.54 Å². The molecule has 4 heteroatoms.